The van der Waals surface area contributed by atoms with Crippen LogP contribution in [0.15, 0.2) is 48.6 Å². The van der Waals surface area contributed by atoms with Crippen molar-refractivity contribution in [2.24, 2.45) is 0 Å². The summed E-state index contributed by atoms with van der Waals surface area (Å²) in [6.45, 7) is 6.31. The maximum atomic E-state index is 13.1. The molecule has 0 rings (SSSR count). The predicted octanol–water partition coefficient (Wildman–Crippen LogP) is 13.5. The molecular formula is C49H89NO5. The summed E-state index contributed by atoms with van der Waals surface area (Å²) in [4.78, 5) is 26.0. The van der Waals surface area contributed by atoms with Crippen molar-refractivity contribution in [2.75, 3.05) is 6.61 Å². The molecule has 3 N–H and O–H groups in total. The molecule has 0 aromatic rings. The Morgan fingerprint density at radius 2 is 1.02 bits per heavy atom. The van der Waals surface area contributed by atoms with Gasteiger partial charge in [-0.1, -0.05) is 198 Å². The molecule has 0 aromatic heterocycles. The van der Waals surface area contributed by atoms with Crippen molar-refractivity contribution in [2.45, 2.75) is 244 Å². The topological polar surface area (TPSA) is 95.9 Å². The number of amides is 1. The van der Waals surface area contributed by atoms with Gasteiger partial charge in [-0.2, -0.15) is 0 Å². The molecule has 6 nitrogen and oxygen atoms in total. The summed E-state index contributed by atoms with van der Waals surface area (Å²) < 4.78 is 5.88. The monoisotopic (exact) mass is 772 g/mol. The van der Waals surface area contributed by atoms with Crippen LogP contribution in [0.4, 0.5) is 0 Å². The van der Waals surface area contributed by atoms with Gasteiger partial charge in [0.15, 0.2) is 0 Å². The van der Waals surface area contributed by atoms with Crippen molar-refractivity contribution in [3.8, 4) is 0 Å². The average molecular weight is 772 g/mol. The molecule has 0 bridgehead atoms. The third-order valence-corrected chi connectivity index (χ3v) is 10.5. The highest BCUT2D eigenvalue weighted by atomic mass is 16.5. The van der Waals surface area contributed by atoms with E-state index in [4.69, 9.17) is 4.74 Å². The zero-order chi connectivity index (χ0) is 40.3. The third-order valence-electron chi connectivity index (χ3n) is 10.5. The summed E-state index contributed by atoms with van der Waals surface area (Å²) in [7, 11) is 0. The highest BCUT2D eigenvalue weighted by molar-refractivity contribution is 5.77. The first-order valence-electron chi connectivity index (χ1n) is 23.4. The van der Waals surface area contributed by atoms with E-state index in [0.717, 1.165) is 70.6 Å². The molecule has 3 unspecified atom stereocenters. The van der Waals surface area contributed by atoms with Gasteiger partial charge in [-0.05, 0) is 64.2 Å². The largest absolute Gasteiger partial charge is 0.462 e. The second-order valence-corrected chi connectivity index (χ2v) is 15.8. The summed E-state index contributed by atoms with van der Waals surface area (Å²) in [5, 5.41) is 23.6. The Balaban J connectivity index is 4.61. The Morgan fingerprint density at radius 3 is 1.56 bits per heavy atom. The molecule has 0 heterocycles. The lowest BCUT2D eigenvalue weighted by Gasteiger charge is -2.24. The molecular weight excluding hydrogens is 683 g/mol. The van der Waals surface area contributed by atoms with E-state index in [2.05, 4.69) is 74.7 Å². The highest BCUT2D eigenvalue weighted by Crippen LogP contribution is 2.17. The number of unbranched alkanes of at least 4 members (excludes halogenated alkanes) is 23. The number of carbonyl (C=O) groups is 2. The van der Waals surface area contributed by atoms with Gasteiger partial charge in [0.1, 0.15) is 6.10 Å². The normalized spacial score (nSPS) is 13.8. The van der Waals surface area contributed by atoms with Crippen LogP contribution in [0.5, 0.6) is 0 Å². The van der Waals surface area contributed by atoms with E-state index >= 15 is 0 Å². The van der Waals surface area contributed by atoms with E-state index in [1.54, 1.807) is 0 Å². The first-order valence-corrected chi connectivity index (χ1v) is 23.4. The van der Waals surface area contributed by atoms with E-state index < -0.39 is 18.2 Å². The van der Waals surface area contributed by atoms with E-state index in [1.807, 2.05) is 0 Å². The Labute approximate surface area is 340 Å². The molecule has 3 atom stereocenters. The van der Waals surface area contributed by atoms with Crippen LogP contribution in [0.2, 0.25) is 0 Å². The van der Waals surface area contributed by atoms with Crippen LogP contribution >= 0.6 is 0 Å². The van der Waals surface area contributed by atoms with E-state index in [0.29, 0.717) is 19.3 Å². The molecule has 0 spiro atoms. The second-order valence-electron chi connectivity index (χ2n) is 15.8. The fourth-order valence-corrected chi connectivity index (χ4v) is 6.90. The van der Waals surface area contributed by atoms with Crippen molar-refractivity contribution in [3.63, 3.8) is 0 Å². The average Bonchev–Trinajstić information content (AvgIpc) is 3.18. The zero-order valence-corrected chi connectivity index (χ0v) is 36.3. The number of esters is 1. The number of hydrogen-bond donors (Lipinski definition) is 3. The minimum atomic E-state index is -0.794. The van der Waals surface area contributed by atoms with Gasteiger partial charge in [-0.25, -0.2) is 0 Å². The fourth-order valence-electron chi connectivity index (χ4n) is 6.90. The summed E-state index contributed by atoms with van der Waals surface area (Å²) in [5.74, 6) is -0.518. The van der Waals surface area contributed by atoms with Crippen molar-refractivity contribution >= 4 is 11.9 Å². The molecule has 0 aliphatic heterocycles. The number of hydrogen-bond acceptors (Lipinski definition) is 5. The molecule has 55 heavy (non-hydrogen) atoms. The van der Waals surface area contributed by atoms with Gasteiger partial charge in [-0.15, -0.1) is 0 Å². The van der Waals surface area contributed by atoms with Crippen molar-refractivity contribution in [3.05, 3.63) is 48.6 Å². The van der Waals surface area contributed by atoms with Crippen LogP contribution in [0.1, 0.15) is 226 Å². The summed E-state index contributed by atoms with van der Waals surface area (Å²) in [6, 6.07) is -0.709. The standard InChI is InChI=1S/C49H89NO5/c1-4-7-10-13-16-19-22-23-24-25-27-30-33-36-39-42-49(54)55-45(40-37-34-31-28-26-20-17-14-11-8-5-2)43-48(53)50-46(44-51)47(52)41-38-35-32-29-21-18-15-12-9-6-3/h7,10,13,16,19,22,28,31,45-47,51-52H,4-6,8-9,11-12,14-15,17-18,20-21,23-27,29-30,32-44H2,1-3H3,(H,50,53)/b10-7+,16-13+,22-19+,31-28-. The Hall–Kier alpha value is -2.18. The molecule has 0 aromatic carbocycles. The predicted molar refractivity (Wildman–Crippen MR) is 236 cm³/mol. The van der Waals surface area contributed by atoms with Gasteiger partial charge in [0.2, 0.25) is 5.91 Å². The molecule has 6 heteroatoms. The molecule has 0 aliphatic carbocycles. The van der Waals surface area contributed by atoms with Crippen molar-refractivity contribution in [1.82, 2.24) is 5.32 Å². The smallest absolute Gasteiger partial charge is 0.306 e. The van der Waals surface area contributed by atoms with Crippen LogP contribution in [0.25, 0.3) is 0 Å². The summed E-state index contributed by atoms with van der Waals surface area (Å²) in [5.41, 5.74) is 0. The number of carbonyl (C=O) groups excluding carboxylic acids is 2. The molecule has 0 radical (unpaired) electrons. The zero-order valence-electron chi connectivity index (χ0n) is 36.3. The van der Waals surface area contributed by atoms with E-state index in [9.17, 15) is 19.8 Å². The Bertz CT molecular complexity index is 957. The molecule has 1 amide bonds. The van der Waals surface area contributed by atoms with Crippen LogP contribution in [0.3, 0.4) is 0 Å². The maximum Gasteiger partial charge on any atom is 0.306 e. The van der Waals surface area contributed by atoms with Crippen LogP contribution in [-0.2, 0) is 14.3 Å². The van der Waals surface area contributed by atoms with Gasteiger partial charge in [0, 0.05) is 6.42 Å². The summed E-state index contributed by atoms with van der Waals surface area (Å²) in [6.07, 6.45) is 50.3. The number of allylic oxidation sites excluding steroid dienone is 8. The first-order chi connectivity index (χ1) is 27.0. The number of nitrogens with one attached hydrogen (secondary N) is 1. The van der Waals surface area contributed by atoms with Crippen LogP contribution in [0, 0.1) is 0 Å². The quantitative estimate of drug-likeness (QED) is 0.0249. The third kappa shape index (κ3) is 38.5. The Kier molecular flexibility index (Phi) is 41.2. The van der Waals surface area contributed by atoms with E-state index in [1.165, 1.54) is 109 Å². The molecule has 0 fully saturated rings. The van der Waals surface area contributed by atoms with Crippen molar-refractivity contribution < 1.29 is 24.5 Å². The van der Waals surface area contributed by atoms with Crippen LogP contribution < -0.4 is 5.32 Å². The molecule has 0 aliphatic rings. The van der Waals surface area contributed by atoms with Gasteiger partial charge in [0.25, 0.3) is 0 Å². The maximum absolute atomic E-state index is 13.1. The number of ether oxygens (including phenoxy) is 1. The van der Waals surface area contributed by atoms with Crippen LogP contribution in [-0.4, -0.2) is 46.9 Å². The highest BCUT2D eigenvalue weighted by Gasteiger charge is 2.24. The number of rotatable bonds is 41. The molecule has 0 saturated heterocycles. The Morgan fingerprint density at radius 1 is 0.545 bits per heavy atom. The SMILES string of the molecule is CC/C=C/C=C/C=C/CCCCCCCCCC(=O)OC(CCC/C=C\CCCCCCCC)CC(=O)NC(CO)C(O)CCCCCCCCCCCC. The minimum Gasteiger partial charge on any atom is -0.462 e. The van der Waals surface area contributed by atoms with Gasteiger partial charge in [0.05, 0.1) is 25.2 Å². The second kappa shape index (κ2) is 43.0. The minimum absolute atomic E-state index is 0.0517. The fraction of sp³-hybridized carbons (Fsp3) is 0.796. The van der Waals surface area contributed by atoms with Gasteiger partial charge < -0.3 is 20.3 Å². The lowest BCUT2D eigenvalue weighted by molar-refractivity contribution is -0.151. The van der Waals surface area contributed by atoms with E-state index in [-0.39, 0.29) is 24.9 Å². The molecule has 320 valence electrons. The summed E-state index contributed by atoms with van der Waals surface area (Å²) >= 11 is 0. The lowest BCUT2D eigenvalue weighted by Crippen LogP contribution is -2.46. The van der Waals surface area contributed by atoms with Gasteiger partial charge in [-0.3, -0.25) is 9.59 Å². The first kappa shape index (κ1) is 52.8. The van der Waals surface area contributed by atoms with Gasteiger partial charge >= 0.3 is 5.97 Å². The van der Waals surface area contributed by atoms with Crippen molar-refractivity contribution in [1.29, 1.82) is 0 Å². The number of aliphatic hydroxyl groups is 2. The number of aliphatic hydroxyl groups excluding tert-OH is 2. The molecule has 0 saturated carbocycles. The lowest BCUT2D eigenvalue weighted by atomic mass is 10.0.